The van der Waals surface area contributed by atoms with Crippen LogP contribution in [-0.4, -0.2) is 29.2 Å². The molecular formula is C18H16F2N2O3S. The first kappa shape index (κ1) is 18.2. The van der Waals surface area contributed by atoms with Gasteiger partial charge in [0.1, 0.15) is 17.2 Å². The van der Waals surface area contributed by atoms with Crippen LogP contribution in [0.1, 0.15) is 32.6 Å². The zero-order chi connectivity index (χ0) is 19.2. The van der Waals surface area contributed by atoms with E-state index in [1.807, 2.05) is 6.92 Å². The number of benzene rings is 1. The Kier molecular flexibility index (Phi) is 4.39. The first-order chi connectivity index (χ1) is 12.1. The van der Waals surface area contributed by atoms with E-state index in [4.69, 9.17) is 0 Å². The molecule has 3 rings (SSSR count). The van der Waals surface area contributed by atoms with Crippen LogP contribution in [0.4, 0.5) is 13.6 Å². The molecule has 0 aliphatic carbocycles. The van der Waals surface area contributed by atoms with E-state index in [-0.39, 0.29) is 11.3 Å². The molecule has 1 aliphatic rings. The standard InChI is InChI=1S/C18H16F2N2O3S/c1-9-6-12(10(2)26-9)15(23)8-22-16(24)18(3,21-17(22)25)13-7-11(19)4-5-14(13)20/h4-7H,8H2,1-3H3,(H,21,25)/t18-/m1/s1. The van der Waals surface area contributed by atoms with Crippen LogP contribution in [0.25, 0.3) is 0 Å². The highest BCUT2D eigenvalue weighted by molar-refractivity contribution is 7.12. The van der Waals surface area contributed by atoms with Crippen molar-refractivity contribution < 1.29 is 23.2 Å². The second kappa shape index (κ2) is 6.28. The average Bonchev–Trinajstić information content (AvgIpc) is 3.01. The van der Waals surface area contributed by atoms with Crippen LogP contribution in [0.3, 0.4) is 0 Å². The SMILES string of the molecule is Cc1cc(C(=O)CN2C(=O)N[C@](C)(c3cc(F)ccc3F)C2=O)c(C)s1. The number of urea groups is 1. The summed E-state index contributed by atoms with van der Waals surface area (Å²) >= 11 is 1.44. The Morgan fingerprint density at radius 2 is 1.92 bits per heavy atom. The number of hydrogen-bond acceptors (Lipinski definition) is 4. The van der Waals surface area contributed by atoms with Gasteiger partial charge in [0.15, 0.2) is 5.78 Å². The van der Waals surface area contributed by atoms with Gasteiger partial charge in [0.2, 0.25) is 0 Å². The van der Waals surface area contributed by atoms with Crippen LogP contribution in [0, 0.1) is 25.5 Å². The zero-order valence-corrected chi connectivity index (χ0v) is 15.2. The molecule has 2 heterocycles. The van der Waals surface area contributed by atoms with E-state index in [0.717, 1.165) is 32.9 Å². The second-order valence-electron chi connectivity index (χ2n) is 6.32. The molecule has 1 saturated heterocycles. The molecule has 1 atom stereocenters. The third-order valence-electron chi connectivity index (χ3n) is 4.39. The van der Waals surface area contributed by atoms with Crippen LogP contribution in [0.2, 0.25) is 0 Å². The van der Waals surface area contributed by atoms with E-state index in [1.54, 1.807) is 13.0 Å². The number of Topliss-reactive ketones (excluding diaryl/α,β-unsaturated/α-hetero) is 1. The number of aryl methyl sites for hydroxylation is 2. The summed E-state index contributed by atoms with van der Waals surface area (Å²) in [6.07, 6.45) is 0. The van der Waals surface area contributed by atoms with Crippen LogP contribution in [-0.2, 0) is 10.3 Å². The monoisotopic (exact) mass is 378 g/mol. The first-order valence-corrected chi connectivity index (χ1v) is 8.65. The summed E-state index contributed by atoms with van der Waals surface area (Å²) in [5.41, 5.74) is -1.62. The number of nitrogens with zero attached hydrogens (tertiary/aromatic N) is 1. The Bertz CT molecular complexity index is 941. The first-order valence-electron chi connectivity index (χ1n) is 7.83. The maximum absolute atomic E-state index is 14.1. The van der Waals surface area contributed by atoms with Gasteiger partial charge in [0.25, 0.3) is 5.91 Å². The van der Waals surface area contributed by atoms with Crippen molar-refractivity contribution in [2.45, 2.75) is 26.3 Å². The van der Waals surface area contributed by atoms with Crippen LogP contribution < -0.4 is 5.32 Å². The van der Waals surface area contributed by atoms with Crippen molar-refractivity contribution in [1.82, 2.24) is 10.2 Å². The molecule has 5 nitrogen and oxygen atoms in total. The van der Waals surface area contributed by atoms with Gasteiger partial charge in [-0.1, -0.05) is 0 Å². The van der Waals surface area contributed by atoms with Gasteiger partial charge < -0.3 is 5.32 Å². The van der Waals surface area contributed by atoms with Crippen molar-refractivity contribution in [3.63, 3.8) is 0 Å². The van der Waals surface area contributed by atoms with Gasteiger partial charge in [-0.15, -0.1) is 11.3 Å². The molecule has 1 aromatic heterocycles. The lowest BCUT2D eigenvalue weighted by atomic mass is 9.91. The Hall–Kier alpha value is -2.61. The fraction of sp³-hybridized carbons (Fsp3) is 0.278. The molecule has 26 heavy (non-hydrogen) atoms. The molecule has 136 valence electrons. The molecule has 3 amide bonds. The molecule has 1 fully saturated rings. The van der Waals surface area contributed by atoms with Crippen molar-refractivity contribution in [2.24, 2.45) is 0 Å². The fourth-order valence-electron chi connectivity index (χ4n) is 3.04. The van der Waals surface area contributed by atoms with Crippen LogP contribution in [0.5, 0.6) is 0 Å². The predicted octanol–water partition coefficient (Wildman–Crippen LogP) is 3.29. The number of imide groups is 1. The summed E-state index contributed by atoms with van der Waals surface area (Å²) in [6, 6.07) is 3.56. The van der Waals surface area contributed by atoms with Gasteiger partial charge in [0.05, 0.1) is 6.54 Å². The number of rotatable bonds is 4. The summed E-state index contributed by atoms with van der Waals surface area (Å²) < 4.78 is 27.6. The highest BCUT2D eigenvalue weighted by atomic mass is 32.1. The molecule has 1 N–H and O–H groups in total. The lowest BCUT2D eigenvalue weighted by Gasteiger charge is -2.22. The molecule has 1 aliphatic heterocycles. The number of thiophene rings is 1. The summed E-state index contributed by atoms with van der Waals surface area (Å²) in [5.74, 6) is -2.74. The number of hydrogen-bond donors (Lipinski definition) is 1. The van der Waals surface area contributed by atoms with Gasteiger partial charge in [-0.3, -0.25) is 14.5 Å². The third-order valence-corrected chi connectivity index (χ3v) is 5.35. The normalized spacial score (nSPS) is 19.8. The summed E-state index contributed by atoms with van der Waals surface area (Å²) in [5, 5.41) is 2.37. The summed E-state index contributed by atoms with van der Waals surface area (Å²) in [4.78, 5) is 40.0. The number of amides is 3. The van der Waals surface area contributed by atoms with E-state index >= 15 is 0 Å². The minimum Gasteiger partial charge on any atom is -0.319 e. The maximum Gasteiger partial charge on any atom is 0.325 e. The number of halogens is 2. The van der Waals surface area contributed by atoms with Crippen LogP contribution >= 0.6 is 11.3 Å². The van der Waals surface area contributed by atoms with Gasteiger partial charge in [-0.2, -0.15) is 0 Å². The Morgan fingerprint density at radius 3 is 2.54 bits per heavy atom. The maximum atomic E-state index is 14.1. The molecule has 2 aromatic rings. The smallest absolute Gasteiger partial charge is 0.319 e. The lowest BCUT2D eigenvalue weighted by Crippen LogP contribution is -2.42. The summed E-state index contributed by atoms with van der Waals surface area (Å²) in [7, 11) is 0. The Labute approximate surface area is 152 Å². The quantitative estimate of drug-likeness (QED) is 0.656. The molecule has 0 bridgehead atoms. The minimum atomic E-state index is -1.77. The molecule has 8 heteroatoms. The highest BCUT2D eigenvalue weighted by Crippen LogP contribution is 2.31. The van der Waals surface area contributed by atoms with Crippen LogP contribution in [0.15, 0.2) is 24.3 Å². The molecule has 0 radical (unpaired) electrons. The molecule has 0 unspecified atom stereocenters. The van der Waals surface area contributed by atoms with E-state index in [0.29, 0.717) is 5.56 Å². The van der Waals surface area contributed by atoms with E-state index in [2.05, 4.69) is 5.32 Å². The van der Waals surface area contributed by atoms with Gasteiger partial charge >= 0.3 is 6.03 Å². The number of ketones is 1. The van der Waals surface area contributed by atoms with E-state index in [9.17, 15) is 23.2 Å². The van der Waals surface area contributed by atoms with Crippen molar-refractivity contribution >= 4 is 29.1 Å². The zero-order valence-electron chi connectivity index (χ0n) is 14.4. The Morgan fingerprint density at radius 1 is 1.23 bits per heavy atom. The number of carbonyl (C=O) groups excluding carboxylic acids is 3. The predicted molar refractivity (Wildman–Crippen MR) is 92.1 cm³/mol. The van der Waals surface area contributed by atoms with E-state index in [1.165, 1.54) is 18.3 Å². The van der Waals surface area contributed by atoms with Gasteiger partial charge in [-0.25, -0.2) is 13.6 Å². The largest absolute Gasteiger partial charge is 0.325 e. The number of carbonyl (C=O) groups is 3. The van der Waals surface area contributed by atoms with E-state index < -0.39 is 35.7 Å². The van der Waals surface area contributed by atoms with Gasteiger partial charge in [0, 0.05) is 20.9 Å². The minimum absolute atomic E-state index is 0.284. The number of nitrogens with one attached hydrogen (secondary N) is 1. The van der Waals surface area contributed by atoms with Crippen molar-refractivity contribution in [2.75, 3.05) is 6.54 Å². The third kappa shape index (κ3) is 2.90. The fourth-order valence-corrected chi connectivity index (χ4v) is 3.98. The highest BCUT2D eigenvalue weighted by Gasteiger charge is 2.50. The lowest BCUT2D eigenvalue weighted by molar-refractivity contribution is -0.130. The van der Waals surface area contributed by atoms with Gasteiger partial charge in [-0.05, 0) is 45.0 Å². The Balaban J connectivity index is 1.90. The average molecular weight is 378 g/mol. The van der Waals surface area contributed by atoms with Crippen molar-refractivity contribution in [3.05, 3.63) is 56.8 Å². The van der Waals surface area contributed by atoms with Crippen molar-refractivity contribution in [1.29, 1.82) is 0 Å². The molecular weight excluding hydrogens is 362 g/mol. The summed E-state index contributed by atoms with van der Waals surface area (Å²) in [6.45, 7) is 4.46. The topological polar surface area (TPSA) is 66.5 Å². The second-order valence-corrected chi connectivity index (χ2v) is 7.78. The van der Waals surface area contributed by atoms with Crippen molar-refractivity contribution in [3.8, 4) is 0 Å². The molecule has 0 saturated carbocycles. The molecule has 0 spiro atoms. The molecule has 1 aromatic carbocycles.